The van der Waals surface area contributed by atoms with Crippen molar-refractivity contribution in [3.05, 3.63) is 112 Å². The van der Waals surface area contributed by atoms with Gasteiger partial charge in [-0.1, -0.05) is 17.7 Å². The Kier molecular flexibility index (Phi) is 5.75. The lowest BCUT2D eigenvalue weighted by Crippen LogP contribution is -2.27. The molecule has 0 saturated carbocycles. The van der Waals surface area contributed by atoms with E-state index in [1.165, 1.54) is 12.1 Å². The minimum atomic E-state index is -0.382. The molecule has 164 valence electrons. The molecule has 1 amide bonds. The summed E-state index contributed by atoms with van der Waals surface area (Å²) in [5.74, 6) is -0.0677. The molecule has 1 N–H and O–H groups in total. The number of carbonyl (C=O) groups is 1. The third-order valence-electron chi connectivity index (χ3n) is 5.59. The lowest BCUT2D eigenvalue weighted by atomic mass is 10.0. The van der Waals surface area contributed by atoms with Gasteiger partial charge in [0.15, 0.2) is 0 Å². The minimum Gasteiger partial charge on any atom is -0.384 e. The van der Waals surface area contributed by atoms with Crippen molar-refractivity contribution >= 4 is 34.7 Å². The first kappa shape index (κ1) is 21.1. The van der Waals surface area contributed by atoms with E-state index in [9.17, 15) is 9.18 Å². The van der Waals surface area contributed by atoms with Gasteiger partial charge in [0, 0.05) is 41.4 Å². The van der Waals surface area contributed by atoms with Crippen LogP contribution in [0.25, 0.3) is 0 Å². The van der Waals surface area contributed by atoms with Gasteiger partial charge in [0.1, 0.15) is 11.6 Å². The molecule has 0 fully saturated rings. The normalized spacial score (nSPS) is 12.2. The number of hydrogen-bond donors (Lipinski definition) is 1. The molecule has 5 nitrogen and oxygen atoms in total. The standard InChI is InChI=1S/C26H20ClFN4O/c27-19-13-18(14-20(28)16-19)12-17-4-10-31-25(15-17)32(21-5-8-29-9-6-21)26(33)23-2-1-3-24-22(23)7-11-30-24/h1-6,8-10,13-16,30H,7,11-12H2. The zero-order valence-electron chi connectivity index (χ0n) is 17.6. The van der Waals surface area contributed by atoms with Crippen LogP contribution in [0.2, 0.25) is 5.02 Å². The number of amides is 1. The lowest BCUT2D eigenvalue weighted by molar-refractivity contribution is 0.0998. The first-order valence-corrected chi connectivity index (χ1v) is 11.0. The summed E-state index contributed by atoms with van der Waals surface area (Å²) in [6.45, 7) is 0.804. The van der Waals surface area contributed by atoms with Crippen LogP contribution in [0.15, 0.2) is 79.3 Å². The first-order valence-electron chi connectivity index (χ1n) is 10.6. The summed E-state index contributed by atoms with van der Waals surface area (Å²) in [6.07, 6.45) is 6.19. The van der Waals surface area contributed by atoms with Crippen molar-refractivity contribution in [2.75, 3.05) is 16.8 Å². The fraction of sp³-hybridized carbons (Fsp3) is 0.115. The molecule has 4 aromatic rings. The second-order valence-electron chi connectivity index (χ2n) is 7.83. The Hall–Kier alpha value is -3.77. The van der Waals surface area contributed by atoms with Gasteiger partial charge in [0.2, 0.25) is 0 Å². The molecule has 0 bridgehead atoms. The highest BCUT2D eigenvalue weighted by Crippen LogP contribution is 2.31. The van der Waals surface area contributed by atoms with E-state index in [2.05, 4.69) is 15.3 Å². The van der Waals surface area contributed by atoms with Gasteiger partial charge in [-0.15, -0.1) is 0 Å². The summed E-state index contributed by atoms with van der Waals surface area (Å²) in [7, 11) is 0. The van der Waals surface area contributed by atoms with Gasteiger partial charge in [0.25, 0.3) is 5.91 Å². The molecule has 0 radical (unpaired) electrons. The molecular weight excluding hydrogens is 439 g/mol. The number of benzene rings is 2. The average Bonchev–Trinajstić information content (AvgIpc) is 3.28. The van der Waals surface area contributed by atoms with Crippen LogP contribution in [-0.4, -0.2) is 22.4 Å². The third kappa shape index (κ3) is 4.43. The van der Waals surface area contributed by atoms with E-state index in [-0.39, 0.29) is 11.7 Å². The zero-order valence-corrected chi connectivity index (χ0v) is 18.4. The van der Waals surface area contributed by atoms with Crippen LogP contribution < -0.4 is 10.2 Å². The Bertz CT molecular complexity index is 1310. The topological polar surface area (TPSA) is 58.1 Å². The maximum absolute atomic E-state index is 13.8. The summed E-state index contributed by atoms with van der Waals surface area (Å²) < 4.78 is 13.8. The first-order chi connectivity index (χ1) is 16.1. The molecule has 0 atom stereocenters. The van der Waals surface area contributed by atoms with E-state index in [0.717, 1.165) is 35.3 Å². The number of rotatable bonds is 5. The monoisotopic (exact) mass is 458 g/mol. The fourth-order valence-corrected chi connectivity index (χ4v) is 4.40. The minimum absolute atomic E-state index is 0.166. The third-order valence-corrected chi connectivity index (χ3v) is 5.81. The van der Waals surface area contributed by atoms with Crippen molar-refractivity contribution in [2.24, 2.45) is 0 Å². The summed E-state index contributed by atoms with van der Waals surface area (Å²) >= 11 is 6.02. The van der Waals surface area contributed by atoms with Crippen molar-refractivity contribution in [3.63, 3.8) is 0 Å². The predicted molar refractivity (Wildman–Crippen MR) is 128 cm³/mol. The van der Waals surface area contributed by atoms with E-state index in [1.807, 2.05) is 30.3 Å². The number of fused-ring (bicyclic) bond motifs is 1. The molecule has 0 unspecified atom stereocenters. The number of anilines is 3. The highest BCUT2D eigenvalue weighted by Gasteiger charge is 2.26. The Balaban J connectivity index is 1.55. The molecule has 1 aliphatic rings. The summed E-state index contributed by atoms with van der Waals surface area (Å²) in [6, 6.07) is 17.4. The molecule has 7 heteroatoms. The molecule has 3 heterocycles. The highest BCUT2D eigenvalue weighted by atomic mass is 35.5. The predicted octanol–water partition coefficient (Wildman–Crippen LogP) is 5.81. The van der Waals surface area contributed by atoms with Crippen molar-refractivity contribution in [3.8, 4) is 0 Å². The van der Waals surface area contributed by atoms with Gasteiger partial charge in [-0.2, -0.15) is 0 Å². The number of carbonyl (C=O) groups excluding carboxylic acids is 1. The zero-order chi connectivity index (χ0) is 22.8. The van der Waals surface area contributed by atoms with Gasteiger partial charge in [0.05, 0.1) is 5.69 Å². The number of hydrogen-bond acceptors (Lipinski definition) is 4. The number of nitrogens with one attached hydrogen (secondary N) is 1. The van der Waals surface area contributed by atoms with Crippen LogP contribution in [0.3, 0.4) is 0 Å². The van der Waals surface area contributed by atoms with Gasteiger partial charge in [-0.25, -0.2) is 9.37 Å². The van der Waals surface area contributed by atoms with Crippen LogP contribution in [0.1, 0.15) is 27.0 Å². The van der Waals surface area contributed by atoms with Gasteiger partial charge < -0.3 is 5.32 Å². The van der Waals surface area contributed by atoms with E-state index in [0.29, 0.717) is 28.5 Å². The van der Waals surface area contributed by atoms with Gasteiger partial charge >= 0.3 is 0 Å². The highest BCUT2D eigenvalue weighted by molar-refractivity contribution is 6.30. The van der Waals surface area contributed by atoms with Crippen LogP contribution >= 0.6 is 11.6 Å². The summed E-state index contributed by atoms with van der Waals surface area (Å²) in [5.41, 5.74) is 4.92. The Morgan fingerprint density at radius 1 is 1.03 bits per heavy atom. The SMILES string of the molecule is O=C(c1cccc2c1CCN2)N(c1ccncc1)c1cc(Cc2cc(F)cc(Cl)c2)ccn1. The van der Waals surface area contributed by atoms with Gasteiger partial charge in [-0.3, -0.25) is 14.7 Å². The van der Waals surface area contributed by atoms with E-state index in [4.69, 9.17) is 11.6 Å². The molecule has 2 aromatic carbocycles. The van der Waals surface area contributed by atoms with Crippen LogP contribution in [0.4, 0.5) is 21.6 Å². The fourth-order valence-electron chi connectivity index (χ4n) is 4.15. The van der Waals surface area contributed by atoms with Crippen molar-refractivity contribution < 1.29 is 9.18 Å². The number of halogens is 2. The molecule has 5 rings (SSSR count). The number of nitrogens with zero attached hydrogens (tertiary/aromatic N) is 3. The summed E-state index contributed by atoms with van der Waals surface area (Å²) in [4.78, 5) is 24.0. The lowest BCUT2D eigenvalue weighted by Gasteiger charge is -2.23. The Morgan fingerprint density at radius 3 is 2.70 bits per heavy atom. The molecule has 33 heavy (non-hydrogen) atoms. The molecule has 2 aromatic heterocycles. The average molecular weight is 459 g/mol. The van der Waals surface area contributed by atoms with E-state index >= 15 is 0 Å². The summed E-state index contributed by atoms with van der Waals surface area (Å²) in [5, 5.41) is 3.67. The van der Waals surface area contributed by atoms with Crippen molar-refractivity contribution in [1.82, 2.24) is 9.97 Å². The van der Waals surface area contributed by atoms with E-state index in [1.54, 1.807) is 41.7 Å². The van der Waals surface area contributed by atoms with Crippen LogP contribution in [-0.2, 0) is 12.8 Å². The van der Waals surface area contributed by atoms with Crippen molar-refractivity contribution in [1.29, 1.82) is 0 Å². The maximum Gasteiger partial charge on any atom is 0.264 e. The number of pyridine rings is 2. The molecule has 0 aliphatic carbocycles. The number of aromatic nitrogens is 2. The smallest absolute Gasteiger partial charge is 0.264 e. The molecule has 0 spiro atoms. The van der Waals surface area contributed by atoms with E-state index < -0.39 is 0 Å². The van der Waals surface area contributed by atoms with Gasteiger partial charge in [-0.05, 0) is 84.1 Å². The quantitative estimate of drug-likeness (QED) is 0.410. The molecule has 1 aliphatic heterocycles. The molecule has 0 saturated heterocycles. The van der Waals surface area contributed by atoms with Crippen molar-refractivity contribution in [2.45, 2.75) is 12.8 Å². The Morgan fingerprint density at radius 2 is 1.88 bits per heavy atom. The largest absolute Gasteiger partial charge is 0.384 e. The molecular formula is C26H20ClFN4O. The van der Waals surface area contributed by atoms with Crippen LogP contribution in [0.5, 0.6) is 0 Å². The maximum atomic E-state index is 13.8. The second-order valence-corrected chi connectivity index (χ2v) is 8.27. The Labute approximate surface area is 195 Å². The van der Waals surface area contributed by atoms with Crippen LogP contribution in [0, 0.1) is 5.82 Å². The second kappa shape index (κ2) is 9.00.